The topological polar surface area (TPSA) is 77.6 Å². The summed E-state index contributed by atoms with van der Waals surface area (Å²) in [6.07, 6.45) is 4.08. The molecule has 2 aliphatic rings. The van der Waals surface area contributed by atoms with Gasteiger partial charge in [0.15, 0.2) is 5.82 Å². The van der Waals surface area contributed by atoms with E-state index in [1.807, 2.05) is 42.5 Å². The molecular formula is C26H27N5O2. The van der Waals surface area contributed by atoms with Gasteiger partial charge < -0.3 is 15.5 Å². The molecule has 1 fully saturated rings. The van der Waals surface area contributed by atoms with Crippen LogP contribution in [0.5, 0.6) is 0 Å². The van der Waals surface area contributed by atoms with Crippen molar-refractivity contribution in [2.45, 2.75) is 25.9 Å². The molecule has 3 aromatic rings. The van der Waals surface area contributed by atoms with Gasteiger partial charge in [0.2, 0.25) is 5.91 Å². The minimum Gasteiger partial charge on any atom is -0.359 e. The van der Waals surface area contributed by atoms with E-state index in [2.05, 4.69) is 32.7 Å². The minimum atomic E-state index is -0.254. The Morgan fingerprint density at radius 1 is 0.970 bits per heavy atom. The third-order valence-electron chi connectivity index (χ3n) is 6.13. The number of pyridine rings is 1. The fourth-order valence-corrected chi connectivity index (χ4v) is 4.34. The number of aromatic nitrogens is 1. The molecule has 0 unspecified atom stereocenters. The monoisotopic (exact) mass is 441 g/mol. The van der Waals surface area contributed by atoms with Crippen LogP contribution >= 0.6 is 0 Å². The van der Waals surface area contributed by atoms with Crippen molar-refractivity contribution in [3.63, 3.8) is 0 Å². The van der Waals surface area contributed by atoms with E-state index in [0.29, 0.717) is 23.6 Å². The van der Waals surface area contributed by atoms with Crippen molar-refractivity contribution in [2.75, 3.05) is 35.2 Å². The Hall–Kier alpha value is -3.71. The molecule has 0 bridgehead atoms. The highest BCUT2D eigenvalue weighted by atomic mass is 16.2. The lowest BCUT2D eigenvalue weighted by Gasteiger charge is -2.29. The summed E-state index contributed by atoms with van der Waals surface area (Å²) in [7, 11) is 0. The number of nitrogens with one attached hydrogen (secondary N) is 2. The van der Waals surface area contributed by atoms with Gasteiger partial charge in [-0.15, -0.1) is 0 Å². The fourth-order valence-electron chi connectivity index (χ4n) is 4.34. The Bertz CT molecular complexity index is 1140. The molecule has 0 spiro atoms. The number of hydrogen-bond donors (Lipinski definition) is 2. The maximum Gasteiger partial charge on any atom is 0.257 e. The molecule has 0 aliphatic carbocycles. The normalized spacial score (nSPS) is 15.8. The van der Waals surface area contributed by atoms with Crippen molar-refractivity contribution in [2.24, 2.45) is 0 Å². The summed E-state index contributed by atoms with van der Waals surface area (Å²) in [5.74, 6) is 0.294. The molecule has 0 radical (unpaired) electrons. The van der Waals surface area contributed by atoms with Crippen LogP contribution in [0.15, 0.2) is 66.9 Å². The molecule has 5 rings (SSSR count). The second kappa shape index (κ2) is 9.42. The maximum atomic E-state index is 12.9. The van der Waals surface area contributed by atoms with E-state index in [4.69, 9.17) is 0 Å². The third-order valence-corrected chi connectivity index (χ3v) is 6.13. The highest BCUT2D eigenvalue weighted by Crippen LogP contribution is 2.30. The number of carbonyl (C=O) groups is 2. The van der Waals surface area contributed by atoms with Crippen molar-refractivity contribution in [1.29, 1.82) is 0 Å². The molecule has 0 saturated carbocycles. The van der Waals surface area contributed by atoms with Gasteiger partial charge in [0.05, 0.1) is 24.3 Å². The minimum absolute atomic E-state index is 0.0562. The quantitative estimate of drug-likeness (QED) is 0.607. The van der Waals surface area contributed by atoms with Crippen molar-refractivity contribution in [1.82, 2.24) is 9.88 Å². The summed E-state index contributed by atoms with van der Waals surface area (Å²) in [6, 6.07) is 19.5. The van der Waals surface area contributed by atoms with Crippen LogP contribution in [0.4, 0.5) is 17.2 Å². The van der Waals surface area contributed by atoms with Gasteiger partial charge in [-0.1, -0.05) is 42.5 Å². The lowest BCUT2D eigenvalue weighted by Crippen LogP contribution is -2.40. The summed E-state index contributed by atoms with van der Waals surface area (Å²) in [6.45, 7) is 3.87. The Labute approximate surface area is 193 Å². The van der Waals surface area contributed by atoms with Gasteiger partial charge in [-0.25, -0.2) is 4.98 Å². The van der Waals surface area contributed by atoms with Gasteiger partial charge in [-0.3, -0.25) is 14.5 Å². The number of anilines is 3. The Morgan fingerprint density at radius 2 is 1.70 bits per heavy atom. The molecule has 168 valence electrons. The van der Waals surface area contributed by atoms with Crippen LogP contribution in [0.3, 0.4) is 0 Å². The second-order valence-electron chi connectivity index (χ2n) is 8.55. The van der Waals surface area contributed by atoms with Crippen LogP contribution in [0.1, 0.15) is 34.3 Å². The Balaban J connectivity index is 1.30. The Morgan fingerprint density at radius 3 is 2.45 bits per heavy atom. The van der Waals surface area contributed by atoms with Crippen molar-refractivity contribution < 1.29 is 9.59 Å². The molecule has 2 amide bonds. The number of rotatable bonds is 6. The van der Waals surface area contributed by atoms with E-state index in [0.717, 1.165) is 30.9 Å². The van der Waals surface area contributed by atoms with Crippen molar-refractivity contribution in [3.05, 3.63) is 83.6 Å². The van der Waals surface area contributed by atoms with E-state index in [-0.39, 0.29) is 18.4 Å². The molecule has 0 atom stereocenters. The van der Waals surface area contributed by atoms with E-state index in [1.165, 1.54) is 18.4 Å². The van der Waals surface area contributed by atoms with Gasteiger partial charge in [0.1, 0.15) is 0 Å². The lowest BCUT2D eigenvalue weighted by atomic mass is 10.1. The fraction of sp³-hybridized carbons (Fsp3) is 0.269. The van der Waals surface area contributed by atoms with Crippen LogP contribution in [0.2, 0.25) is 0 Å². The van der Waals surface area contributed by atoms with E-state index in [1.54, 1.807) is 17.2 Å². The molecular weight excluding hydrogens is 414 g/mol. The highest BCUT2D eigenvalue weighted by molar-refractivity contribution is 6.07. The smallest absolute Gasteiger partial charge is 0.257 e. The largest absolute Gasteiger partial charge is 0.359 e. The Kier molecular flexibility index (Phi) is 6.04. The zero-order valence-corrected chi connectivity index (χ0v) is 18.5. The summed E-state index contributed by atoms with van der Waals surface area (Å²) >= 11 is 0. The average Bonchev–Trinajstić information content (AvgIpc) is 3.35. The number of nitrogens with zero attached hydrogens (tertiary/aromatic N) is 3. The summed E-state index contributed by atoms with van der Waals surface area (Å²) < 4.78 is 0. The molecule has 2 N–H and O–H groups in total. The molecule has 7 nitrogen and oxygen atoms in total. The van der Waals surface area contributed by atoms with Gasteiger partial charge >= 0.3 is 0 Å². The van der Waals surface area contributed by atoms with Gasteiger partial charge in [0, 0.05) is 18.4 Å². The first-order valence-corrected chi connectivity index (χ1v) is 11.4. The lowest BCUT2D eigenvalue weighted by molar-refractivity contribution is -0.117. The van der Waals surface area contributed by atoms with E-state index >= 15 is 0 Å². The highest BCUT2D eigenvalue weighted by Gasteiger charge is 2.26. The van der Waals surface area contributed by atoms with Crippen molar-refractivity contribution >= 4 is 29.0 Å². The standard InChI is InChI=1S/C26H27N5O2/c32-24-16-28-25-23(31(24)18-19-6-2-1-3-7-19)14-21(15-27-25)26(33)29-22-10-8-20(9-11-22)17-30-12-4-5-13-30/h1-3,6-11,14-15H,4-5,12-13,16-18H2,(H,27,28)(H,29,33). The molecule has 2 aromatic carbocycles. The zero-order valence-electron chi connectivity index (χ0n) is 18.5. The number of benzene rings is 2. The SMILES string of the molecule is O=C(Nc1ccc(CN2CCCC2)cc1)c1cnc2c(c1)N(Cc1ccccc1)C(=O)CN2. The van der Waals surface area contributed by atoms with Gasteiger partial charge in [-0.05, 0) is 55.3 Å². The summed E-state index contributed by atoms with van der Waals surface area (Å²) in [5.41, 5.74) is 4.01. The molecule has 3 heterocycles. The molecule has 7 heteroatoms. The maximum absolute atomic E-state index is 12.9. The number of hydrogen-bond acceptors (Lipinski definition) is 5. The van der Waals surface area contributed by atoms with Crippen molar-refractivity contribution in [3.8, 4) is 0 Å². The van der Waals surface area contributed by atoms with E-state index in [9.17, 15) is 9.59 Å². The second-order valence-corrected chi connectivity index (χ2v) is 8.55. The predicted molar refractivity (Wildman–Crippen MR) is 129 cm³/mol. The molecule has 1 saturated heterocycles. The van der Waals surface area contributed by atoms with Crippen LogP contribution in [-0.2, 0) is 17.9 Å². The zero-order chi connectivity index (χ0) is 22.6. The molecule has 2 aliphatic heterocycles. The first-order valence-electron chi connectivity index (χ1n) is 11.4. The van der Waals surface area contributed by atoms with Crippen LogP contribution < -0.4 is 15.5 Å². The van der Waals surface area contributed by atoms with Crippen LogP contribution in [-0.4, -0.2) is 41.3 Å². The summed E-state index contributed by atoms with van der Waals surface area (Å²) in [5, 5.41) is 5.99. The number of amides is 2. The third kappa shape index (κ3) is 4.88. The van der Waals surface area contributed by atoms with Crippen LogP contribution in [0, 0.1) is 0 Å². The first-order chi connectivity index (χ1) is 16.2. The first kappa shape index (κ1) is 21.2. The number of fused-ring (bicyclic) bond motifs is 1. The van der Waals surface area contributed by atoms with Gasteiger partial charge in [0.25, 0.3) is 5.91 Å². The molecule has 33 heavy (non-hydrogen) atoms. The number of likely N-dealkylation sites (tertiary alicyclic amines) is 1. The number of carbonyl (C=O) groups excluding carboxylic acids is 2. The molecule has 1 aromatic heterocycles. The summed E-state index contributed by atoms with van der Waals surface area (Å²) in [4.78, 5) is 34.1. The van der Waals surface area contributed by atoms with E-state index < -0.39 is 0 Å². The van der Waals surface area contributed by atoms with Crippen LogP contribution in [0.25, 0.3) is 0 Å². The van der Waals surface area contributed by atoms with Gasteiger partial charge in [-0.2, -0.15) is 0 Å². The average molecular weight is 442 g/mol. The predicted octanol–water partition coefficient (Wildman–Crippen LogP) is 3.89.